The highest BCUT2D eigenvalue weighted by atomic mass is 32.1. The van der Waals surface area contributed by atoms with Crippen molar-refractivity contribution in [3.05, 3.63) is 69.2 Å². The summed E-state index contributed by atoms with van der Waals surface area (Å²) in [6, 6.07) is 5.09. The summed E-state index contributed by atoms with van der Waals surface area (Å²) in [6.45, 7) is 10.7. The first-order chi connectivity index (χ1) is 16.7. The van der Waals surface area contributed by atoms with Crippen LogP contribution >= 0.6 is 11.3 Å². The van der Waals surface area contributed by atoms with Crippen LogP contribution in [0, 0.1) is 6.92 Å². The molecule has 5 rings (SSSR count). The van der Waals surface area contributed by atoms with Crippen LogP contribution in [0.2, 0.25) is 25.7 Å². The largest absolute Gasteiger partial charge is 0.360 e. The summed E-state index contributed by atoms with van der Waals surface area (Å²) >= 11 is 1.68. The highest BCUT2D eigenvalue weighted by Gasteiger charge is 2.18. The van der Waals surface area contributed by atoms with E-state index >= 15 is 0 Å². The molecule has 0 saturated carbocycles. The van der Waals surface area contributed by atoms with Crippen LogP contribution in [-0.4, -0.2) is 48.4 Å². The standard InChI is InChI=1S/C24H31N7O2SSi/c1-17-22-21(13-25-31(23(22)32)14-19-6-8-28(2)26-19)24-30(17)15-20(34-24)12-18-7-9-29(27-18)16-33-10-11-35(3,4)5/h6-9,13,15H,10-12,14,16H2,1-5H3. The van der Waals surface area contributed by atoms with Crippen LogP contribution in [0.1, 0.15) is 22.0 Å². The van der Waals surface area contributed by atoms with Crippen LogP contribution in [0.25, 0.3) is 15.6 Å². The molecule has 0 aliphatic heterocycles. The van der Waals surface area contributed by atoms with Crippen LogP contribution in [0.5, 0.6) is 0 Å². The fourth-order valence-corrected chi connectivity index (χ4v) is 6.07. The first kappa shape index (κ1) is 23.7. The van der Waals surface area contributed by atoms with Gasteiger partial charge in [-0.05, 0) is 25.1 Å². The lowest BCUT2D eigenvalue weighted by molar-refractivity contribution is 0.0783. The van der Waals surface area contributed by atoms with Gasteiger partial charge in [0.2, 0.25) is 0 Å². The molecule has 0 bridgehead atoms. The molecule has 0 saturated heterocycles. The number of nitrogens with zero attached hydrogens (tertiary/aromatic N) is 7. The van der Waals surface area contributed by atoms with Crippen LogP contribution in [0.3, 0.4) is 0 Å². The summed E-state index contributed by atoms with van der Waals surface area (Å²) in [5.41, 5.74) is 2.65. The Balaban J connectivity index is 1.33. The summed E-state index contributed by atoms with van der Waals surface area (Å²) in [5.74, 6) is 0. The number of aryl methyl sites for hydroxylation is 2. The maximum atomic E-state index is 13.2. The molecule has 0 aromatic carbocycles. The van der Waals surface area contributed by atoms with E-state index in [4.69, 9.17) is 4.74 Å². The van der Waals surface area contributed by atoms with E-state index in [1.54, 1.807) is 22.2 Å². The van der Waals surface area contributed by atoms with Gasteiger partial charge in [-0.3, -0.25) is 9.48 Å². The van der Waals surface area contributed by atoms with Gasteiger partial charge in [0.1, 0.15) is 11.6 Å². The third kappa shape index (κ3) is 5.02. The fourth-order valence-electron chi connectivity index (χ4n) is 4.14. The lowest BCUT2D eigenvalue weighted by atomic mass is 10.2. The summed E-state index contributed by atoms with van der Waals surface area (Å²) in [7, 11) is 0.778. The quantitative estimate of drug-likeness (QED) is 0.222. The van der Waals surface area contributed by atoms with Gasteiger partial charge in [-0.2, -0.15) is 15.3 Å². The molecular formula is C24H31N7O2SSi. The lowest BCUT2D eigenvalue weighted by Gasteiger charge is -2.15. The van der Waals surface area contributed by atoms with E-state index in [1.165, 1.54) is 9.56 Å². The second kappa shape index (κ2) is 9.21. The molecule has 35 heavy (non-hydrogen) atoms. The van der Waals surface area contributed by atoms with Gasteiger partial charge in [0.15, 0.2) is 0 Å². The Morgan fingerprint density at radius 2 is 1.91 bits per heavy atom. The van der Waals surface area contributed by atoms with Gasteiger partial charge in [0.05, 0.1) is 29.5 Å². The third-order valence-corrected chi connectivity index (χ3v) is 8.89. The van der Waals surface area contributed by atoms with Crippen molar-refractivity contribution in [3.63, 3.8) is 0 Å². The van der Waals surface area contributed by atoms with E-state index in [1.807, 2.05) is 43.2 Å². The van der Waals surface area contributed by atoms with E-state index in [2.05, 4.69) is 45.5 Å². The first-order valence-corrected chi connectivity index (χ1v) is 16.3. The minimum atomic E-state index is -1.08. The predicted molar refractivity (Wildman–Crippen MR) is 141 cm³/mol. The molecule has 9 nitrogen and oxygen atoms in total. The van der Waals surface area contributed by atoms with Crippen molar-refractivity contribution in [1.29, 1.82) is 0 Å². The zero-order chi connectivity index (χ0) is 24.7. The summed E-state index contributed by atoms with van der Waals surface area (Å²) in [6.07, 6.45) is 8.49. The number of rotatable bonds is 9. The zero-order valence-electron chi connectivity index (χ0n) is 20.9. The normalized spacial score (nSPS) is 12.4. The van der Waals surface area contributed by atoms with Crippen molar-refractivity contribution < 1.29 is 4.74 Å². The van der Waals surface area contributed by atoms with E-state index in [0.717, 1.165) is 46.4 Å². The van der Waals surface area contributed by atoms with E-state index < -0.39 is 8.07 Å². The summed E-state index contributed by atoms with van der Waals surface area (Å²) in [5, 5.41) is 15.1. The topological polar surface area (TPSA) is 84.2 Å². The lowest BCUT2D eigenvalue weighted by Crippen LogP contribution is -2.23. The van der Waals surface area contributed by atoms with Crippen molar-refractivity contribution >= 4 is 35.0 Å². The average molecular weight is 510 g/mol. The van der Waals surface area contributed by atoms with E-state index in [0.29, 0.717) is 18.7 Å². The molecule has 5 heterocycles. The minimum absolute atomic E-state index is 0.0871. The molecule has 0 unspecified atom stereocenters. The fraction of sp³-hybridized carbons (Fsp3) is 0.417. The third-order valence-electron chi connectivity index (χ3n) is 6.07. The molecule has 0 N–H and O–H groups in total. The van der Waals surface area contributed by atoms with Crippen molar-refractivity contribution in [1.82, 2.24) is 33.7 Å². The molecule has 5 aromatic heterocycles. The van der Waals surface area contributed by atoms with Crippen LogP contribution in [0.4, 0.5) is 0 Å². The Bertz CT molecular complexity index is 1550. The Labute approximate surface area is 208 Å². The monoisotopic (exact) mass is 509 g/mol. The molecule has 0 radical (unpaired) electrons. The smallest absolute Gasteiger partial charge is 0.276 e. The molecular weight excluding hydrogens is 478 g/mol. The number of fused-ring (bicyclic) bond motifs is 3. The Kier molecular flexibility index (Phi) is 6.24. The molecule has 0 spiro atoms. The number of aromatic nitrogens is 7. The average Bonchev–Trinajstić information content (AvgIpc) is 3.55. The van der Waals surface area contributed by atoms with Gasteiger partial charge in [-0.25, -0.2) is 9.36 Å². The van der Waals surface area contributed by atoms with E-state index in [9.17, 15) is 4.79 Å². The summed E-state index contributed by atoms with van der Waals surface area (Å²) in [4.78, 5) is 15.4. The molecule has 5 aromatic rings. The van der Waals surface area contributed by atoms with Gasteiger partial charge in [0.25, 0.3) is 5.56 Å². The SMILES string of the molecule is Cc1c2c(=O)n(Cc3ccn(C)n3)ncc2c2sc(Cc3ccn(COCC[Si](C)(C)C)n3)cn12. The van der Waals surface area contributed by atoms with Gasteiger partial charge < -0.3 is 9.14 Å². The molecule has 11 heteroatoms. The van der Waals surface area contributed by atoms with Gasteiger partial charge in [0, 0.05) is 62.7 Å². The van der Waals surface area contributed by atoms with Crippen molar-refractivity contribution in [2.45, 2.75) is 52.3 Å². The highest BCUT2D eigenvalue weighted by molar-refractivity contribution is 7.18. The Morgan fingerprint density at radius 1 is 1.11 bits per heavy atom. The van der Waals surface area contributed by atoms with Crippen molar-refractivity contribution in [2.75, 3.05) is 6.61 Å². The second-order valence-corrected chi connectivity index (χ2v) is 16.9. The molecule has 0 atom stereocenters. The number of hydrogen-bond acceptors (Lipinski definition) is 6. The maximum absolute atomic E-state index is 13.2. The second-order valence-electron chi connectivity index (χ2n) is 10.2. The number of thiazole rings is 1. The predicted octanol–water partition coefficient (Wildman–Crippen LogP) is 3.90. The van der Waals surface area contributed by atoms with Crippen LogP contribution < -0.4 is 5.56 Å². The Morgan fingerprint density at radius 3 is 2.66 bits per heavy atom. The number of hydrogen-bond donors (Lipinski definition) is 0. The van der Waals surface area contributed by atoms with Crippen LogP contribution in [-0.2, 0) is 31.5 Å². The maximum Gasteiger partial charge on any atom is 0.276 e. The molecule has 0 amide bonds. The molecule has 184 valence electrons. The Hall–Kier alpha value is -3.02. The number of ether oxygens (including phenoxy) is 1. The summed E-state index contributed by atoms with van der Waals surface area (Å²) < 4.78 is 13.0. The highest BCUT2D eigenvalue weighted by Crippen LogP contribution is 2.30. The van der Waals surface area contributed by atoms with E-state index in [-0.39, 0.29) is 5.56 Å². The van der Waals surface area contributed by atoms with Crippen LogP contribution in [0.15, 0.2) is 41.7 Å². The molecule has 0 aliphatic carbocycles. The van der Waals surface area contributed by atoms with Crippen molar-refractivity contribution in [3.8, 4) is 0 Å². The minimum Gasteiger partial charge on any atom is -0.360 e. The van der Waals surface area contributed by atoms with Crippen molar-refractivity contribution in [2.24, 2.45) is 7.05 Å². The first-order valence-electron chi connectivity index (χ1n) is 11.8. The zero-order valence-corrected chi connectivity index (χ0v) is 22.7. The molecule has 0 aliphatic rings. The molecule has 0 fully saturated rings. The van der Waals surface area contributed by atoms with Gasteiger partial charge in [-0.1, -0.05) is 19.6 Å². The van der Waals surface area contributed by atoms with Gasteiger partial charge in [-0.15, -0.1) is 11.3 Å². The van der Waals surface area contributed by atoms with Gasteiger partial charge >= 0.3 is 0 Å².